The molecular weight excluding hydrogens is 172 g/mol. The Bertz CT molecular complexity index is 261. The number of hydrogen-bond donors (Lipinski definition) is 0. The first kappa shape index (κ1) is 9.26. The van der Waals surface area contributed by atoms with E-state index in [4.69, 9.17) is 9.47 Å². The second kappa shape index (κ2) is 4.26. The highest BCUT2D eigenvalue weighted by Gasteiger charge is 2.02. The van der Waals surface area contributed by atoms with Gasteiger partial charge in [0, 0.05) is 11.0 Å². The Hall–Kier alpha value is -0.830. The first-order chi connectivity index (χ1) is 5.81. The molecule has 2 nitrogen and oxygen atoms in total. The van der Waals surface area contributed by atoms with Crippen molar-refractivity contribution in [2.45, 2.75) is 4.90 Å². The second-order valence-electron chi connectivity index (χ2n) is 2.22. The van der Waals surface area contributed by atoms with Gasteiger partial charge in [-0.3, -0.25) is 0 Å². The molecule has 0 saturated heterocycles. The summed E-state index contributed by atoms with van der Waals surface area (Å²) in [7, 11) is 3.31. The largest absolute Gasteiger partial charge is 0.497 e. The van der Waals surface area contributed by atoms with Gasteiger partial charge in [0.1, 0.15) is 11.5 Å². The van der Waals surface area contributed by atoms with Crippen molar-refractivity contribution in [1.29, 1.82) is 0 Å². The van der Waals surface area contributed by atoms with Gasteiger partial charge >= 0.3 is 0 Å². The Morgan fingerprint density at radius 3 is 2.42 bits per heavy atom. The van der Waals surface area contributed by atoms with Crippen molar-refractivity contribution in [3.8, 4) is 11.5 Å². The van der Waals surface area contributed by atoms with Crippen LogP contribution in [0.1, 0.15) is 0 Å². The summed E-state index contributed by atoms with van der Waals surface area (Å²) in [6, 6.07) is 5.79. The van der Waals surface area contributed by atoms with Crippen LogP contribution < -0.4 is 9.47 Å². The number of ether oxygens (including phenoxy) is 2. The molecule has 0 aliphatic rings. The van der Waals surface area contributed by atoms with Crippen LogP contribution in [-0.2, 0) is 0 Å². The van der Waals surface area contributed by atoms with Gasteiger partial charge in [0.2, 0.25) is 0 Å². The van der Waals surface area contributed by atoms with E-state index < -0.39 is 0 Å². The molecule has 0 fully saturated rings. The molecular formula is C9H12O2S. The molecule has 0 radical (unpaired) electrons. The highest BCUT2D eigenvalue weighted by molar-refractivity contribution is 7.98. The zero-order chi connectivity index (χ0) is 8.97. The summed E-state index contributed by atoms with van der Waals surface area (Å²) in [5.74, 6) is 1.69. The first-order valence-corrected chi connectivity index (χ1v) is 4.80. The molecule has 66 valence electrons. The van der Waals surface area contributed by atoms with Crippen LogP contribution in [-0.4, -0.2) is 20.5 Å². The van der Waals surface area contributed by atoms with E-state index in [0.29, 0.717) is 0 Å². The molecule has 0 spiro atoms. The molecule has 0 heterocycles. The fourth-order valence-corrected chi connectivity index (χ4v) is 1.49. The average Bonchev–Trinajstić information content (AvgIpc) is 2.16. The SMILES string of the molecule is COc1ccc(SC)c(OC)c1. The van der Waals surface area contributed by atoms with E-state index in [0.717, 1.165) is 16.4 Å². The van der Waals surface area contributed by atoms with E-state index in [1.54, 1.807) is 26.0 Å². The van der Waals surface area contributed by atoms with Gasteiger partial charge in [-0.15, -0.1) is 11.8 Å². The lowest BCUT2D eigenvalue weighted by atomic mass is 10.3. The number of methoxy groups -OCH3 is 2. The van der Waals surface area contributed by atoms with Crippen LogP contribution in [0.3, 0.4) is 0 Å². The molecule has 3 heteroatoms. The summed E-state index contributed by atoms with van der Waals surface area (Å²) in [6.45, 7) is 0. The molecule has 1 aromatic carbocycles. The fraction of sp³-hybridized carbons (Fsp3) is 0.333. The molecule has 1 aromatic rings. The predicted molar refractivity (Wildman–Crippen MR) is 51.3 cm³/mol. The minimum absolute atomic E-state index is 0.824. The Morgan fingerprint density at radius 2 is 1.92 bits per heavy atom. The number of thioether (sulfide) groups is 1. The van der Waals surface area contributed by atoms with Crippen LogP contribution in [0.15, 0.2) is 23.1 Å². The van der Waals surface area contributed by atoms with E-state index in [-0.39, 0.29) is 0 Å². The Labute approximate surface area is 76.9 Å². The van der Waals surface area contributed by atoms with Crippen molar-refractivity contribution in [2.24, 2.45) is 0 Å². The Balaban J connectivity index is 3.02. The summed E-state index contributed by atoms with van der Waals surface area (Å²) < 4.78 is 10.2. The van der Waals surface area contributed by atoms with Crippen molar-refractivity contribution in [2.75, 3.05) is 20.5 Å². The third-order valence-electron chi connectivity index (χ3n) is 1.59. The Morgan fingerprint density at radius 1 is 1.17 bits per heavy atom. The Kier molecular flexibility index (Phi) is 3.29. The molecule has 0 amide bonds. The van der Waals surface area contributed by atoms with Crippen molar-refractivity contribution >= 4 is 11.8 Å². The lowest BCUT2D eigenvalue weighted by Crippen LogP contribution is -1.88. The molecule has 12 heavy (non-hydrogen) atoms. The minimum atomic E-state index is 0.824. The van der Waals surface area contributed by atoms with Crippen LogP contribution in [0.25, 0.3) is 0 Å². The summed E-state index contributed by atoms with van der Waals surface area (Å²) in [5, 5.41) is 0. The molecule has 0 aliphatic heterocycles. The monoisotopic (exact) mass is 184 g/mol. The molecule has 0 N–H and O–H groups in total. The number of hydrogen-bond acceptors (Lipinski definition) is 3. The molecule has 0 unspecified atom stereocenters. The molecule has 0 aliphatic carbocycles. The molecule has 1 rings (SSSR count). The zero-order valence-corrected chi connectivity index (χ0v) is 8.27. The minimum Gasteiger partial charge on any atom is -0.497 e. The third-order valence-corrected chi connectivity index (χ3v) is 2.37. The highest BCUT2D eigenvalue weighted by atomic mass is 32.2. The van der Waals surface area contributed by atoms with E-state index in [9.17, 15) is 0 Å². The topological polar surface area (TPSA) is 18.5 Å². The van der Waals surface area contributed by atoms with E-state index >= 15 is 0 Å². The van der Waals surface area contributed by atoms with Gasteiger partial charge in [0.05, 0.1) is 14.2 Å². The highest BCUT2D eigenvalue weighted by Crippen LogP contribution is 2.30. The lowest BCUT2D eigenvalue weighted by molar-refractivity contribution is 0.387. The lowest BCUT2D eigenvalue weighted by Gasteiger charge is -2.07. The first-order valence-electron chi connectivity index (χ1n) is 3.58. The number of rotatable bonds is 3. The van der Waals surface area contributed by atoms with Gasteiger partial charge in [-0.05, 0) is 18.4 Å². The van der Waals surface area contributed by atoms with E-state index in [2.05, 4.69) is 0 Å². The maximum atomic E-state index is 5.18. The summed E-state index contributed by atoms with van der Waals surface area (Å²) in [5.41, 5.74) is 0. The second-order valence-corrected chi connectivity index (χ2v) is 3.07. The maximum absolute atomic E-state index is 5.18. The maximum Gasteiger partial charge on any atom is 0.136 e. The predicted octanol–water partition coefficient (Wildman–Crippen LogP) is 2.43. The molecule has 0 saturated carbocycles. The summed E-state index contributed by atoms with van der Waals surface area (Å²) in [6.07, 6.45) is 2.02. The van der Waals surface area contributed by atoms with Crippen LogP contribution in [0.2, 0.25) is 0 Å². The molecule has 0 aromatic heterocycles. The van der Waals surface area contributed by atoms with Gasteiger partial charge in [-0.25, -0.2) is 0 Å². The van der Waals surface area contributed by atoms with Crippen molar-refractivity contribution < 1.29 is 9.47 Å². The van der Waals surface area contributed by atoms with Crippen LogP contribution in [0.4, 0.5) is 0 Å². The van der Waals surface area contributed by atoms with Gasteiger partial charge in [-0.1, -0.05) is 0 Å². The van der Waals surface area contributed by atoms with Gasteiger partial charge in [0.15, 0.2) is 0 Å². The van der Waals surface area contributed by atoms with Crippen molar-refractivity contribution in [1.82, 2.24) is 0 Å². The van der Waals surface area contributed by atoms with Gasteiger partial charge < -0.3 is 9.47 Å². The smallest absolute Gasteiger partial charge is 0.136 e. The van der Waals surface area contributed by atoms with Gasteiger partial charge in [0.25, 0.3) is 0 Å². The molecule has 0 bridgehead atoms. The molecule has 0 atom stereocenters. The zero-order valence-electron chi connectivity index (χ0n) is 7.46. The average molecular weight is 184 g/mol. The van der Waals surface area contributed by atoms with Crippen LogP contribution in [0.5, 0.6) is 11.5 Å². The van der Waals surface area contributed by atoms with E-state index in [1.165, 1.54) is 0 Å². The summed E-state index contributed by atoms with van der Waals surface area (Å²) in [4.78, 5) is 1.12. The quantitative estimate of drug-likeness (QED) is 0.672. The van der Waals surface area contributed by atoms with Crippen LogP contribution >= 0.6 is 11.8 Å². The standard InChI is InChI=1S/C9H12O2S/c1-10-7-4-5-9(12-3)8(6-7)11-2/h4-6H,1-3H3. The number of benzene rings is 1. The fourth-order valence-electron chi connectivity index (χ4n) is 0.944. The third kappa shape index (κ3) is 1.85. The van der Waals surface area contributed by atoms with Crippen LogP contribution in [0, 0.1) is 0 Å². The normalized spacial score (nSPS) is 9.58. The van der Waals surface area contributed by atoms with Crippen molar-refractivity contribution in [3.05, 3.63) is 18.2 Å². The van der Waals surface area contributed by atoms with Crippen molar-refractivity contribution in [3.63, 3.8) is 0 Å². The summed E-state index contributed by atoms with van der Waals surface area (Å²) >= 11 is 1.66. The van der Waals surface area contributed by atoms with Gasteiger partial charge in [-0.2, -0.15) is 0 Å². The van der Waals surface area contributed by atoms with E-state index in [1.807, 2.05) is 24.5 Å².